The fourth-order valence-electron chi connectivity index (χ4n) is 1.91. The molecule has 0 spiro atoms. The van der Waals surface area contributed by atoms with Gasteiger partial charge < -0.3 is 10.6 Å². The SMILES string of the molecule is CCCNC(=O)CNCc1ccc(CC(C)C)cc1. The number of carbonyl (C=O) groups excluding carboxylic acids is 1. The Morgan fingerprint density at radius 1 is 1.16 bits per heavy atom. The zero-order valence-electron chi connectivity index (χ0n) is 12.3. The Morgan fingerprint density at radius 2 is 1.79 bits per heavy atom. The monoisotopic (exact) mass is 262 g/mol. The maximum Gasteiger partial charge on any atom is 0.233 e. The summed E-state index contributed by atoms with van der Waals surface area (Å²) in [6, 6.07) is 8.62. The van der Waals surface area contributed by atoms with Gasteiger partial charge in [-0.15, -0.1) is 0 Å². The van der Waals surface area contributed by atoms with Crippen LogP contribution in [-0.2, 0) is 17.8 Å². The van der Waals surface area contributed by atoms with Gasteiger partial charge in [-0.25, -0.2) is 0 Å². The summed E-state index contributed by atoms with van der Waals surface area (Å²) >= 11 is 0. The van der Waals surface area contributed by atoms with Crippen LogP contribution in [0.3, 0.4) is 0 Å². The van der Waals surface area contributed by atoms with Crippen molar-refractivity contribution < 1.29 is 4.79 Å². The van der Waals surface area contributed by atoms with Crippen LogP contribution in [0.2, 0.25) is 0 Å². The van der Waals surface area contributed by atoms with E-state index in [-0.39, 0.29) is 5.91 Å². The molecule has 3 nitrogen and oxygen atoms in total. The van der Waals surface area contributed by atoms with Crippen molar-refractivity contribution in [1.82, 2.24) is 10.6 Å². The molecule has 19 heavy (non-hydrogen) atoms. The molecule has 0 radical (unpaired) electrons. The quantitative estimate of drug-likeness (QED) is 0.756. The Morgan fingerprint density at radius 3 is 2.37 bits per heavy atom. The van der Waals surface area contributed by atoms with Crippen LogP contribution >= 0.6 is 0 Å². The Labute approximate surface area is 116 Å². The minimum atomic E-state index is 0.0678. The lowest BCUT2D eigenvalue weighted by atomic mass is 10.0. The normalized spacial score (nSPS) is 10.7. The molecule has 0 aromatic heterocycles. The molecule has 1 aromatic rings. The number of hydrogen-bond acceptors (Lipinski definition) is 2. The van der Waals surface area contributed by atoms with Crippen molar-refractivity contribution in [3.05, 3.63) is 35.4 Å². The minimum Gasteiger partial charge on any atom is -0.355 e. The fraction of sp³-hybridized carbons (Fsp3) is 0.562. The molecule has 0 unspecified atom stereocenters. The highest BCUT2D eigenvalue weighted by atomic mass is 16.1. The number of amides is 1. The highest BCUT2D eigenvalue weighted by Crippen LogP contribution is 2.09. The maximum absolute atomic E-state index is 11.4. The summed E-state index contributed by atoms with van der Waals surface area (Å²) in [5.41, 5.74) is 2.59. The third-order valence-electron chi connectivity index (χ3n) is 2.85. The van der Waals surface area contributed by atoms with E-state index in [1.807, 2.05) is 6.92 Å². The van der Waals surface area contributed by atoms with Crippen molar-refractivity contribution in [2.75, 3.05) is 13.1 Å². The van der Waals surface area contributed by atoms with Crippen molar-refractivity contribution in [1.29, 1.82) is 0 Å². The molecule has 2 N–H and O–H groups in total. The zero-order valence-corrected chi connectivity index (χ0v) is 12.3. The topological polar surface area (TPSA) is 41.1 Å². The van der Waals surface area contributed by atoms with Gasteiger partial charge in [0.2, 0.25) is 5.91 Å². The van der Waals surface area contributed by atoms with Gasteiger partial charge in [0.05, 0.1) is 6.54 Å². The molecule has 3 heteroatoms. The minimum absolute atomic E-state index is 0.0678. The second-order valence-corrected chi connectivity index (χ2v) is 5.37. The molecule has 1 rings (SSSR count). The zero-order chi connectivity index (χ0) is 14.1. The summed E-state index contributed by atoms with van der Waals surface area (Å²) in [7, 11) is 0. The first kappa shape index (κ1) is 15.7. The largest absolute Gasteiger partial charge is 0.355 e. The third-order valence-corrected chi connectivity index (χ3v) is 2.85. The summed E-state index contributed by atoms with van der Waals surface area (Å²) in [6.45, 7) is 8.38. The second-order valence-electron chi connectivity index (χ2n) is 5.37. The Kier molecular flexibility index (Phi) is 7.19. The molecule has 0 aliphatic rings. The number of carbonyl (C=O) groups is 1. The van der Waals surface area contributed by atoms with Crippen LogP contribution in [0.4, 0.5) is 0 Å². The van der Waals surface area contributed by atoms with Gasteiger partial charge in [0.15, 0.2) is 0 Å². The van der Waals surface area contributed by atoms with Crippen LogP contribution in [0.15, 0.2) is 24.3 Å². The third kappa shape index (κ3) is 6.97. The molecule has 0 heterocycles. The summed E-state index contributed by atoms with van der Waals surface area (Å²) in [4.78, 5) is 11.4. The Bertz CT molecular complexity index is 371. The van der Waals surface area contributed by atoms with Crippen molar-refractivity contribution in [3.8, 4) is 0 Å². The highest BCUT2D eigenvalue weighted by molar-refractivity contribution is 5.77. The second kappa shape index (κ2) is 8.70. The van der Waals surface area contributed by atoms with E-state index in [4.69, 9.17) is 0 Å². The van der Waals surface area contributed by atoms with Crippen molar-refractivity contribution in [2.45, 2.75) is 40.2 Å². The van der Waals surface area contributed by atoms with E-state index >= 15 is 0 Å². The number of benzene rings is 1. The molecule has 0 bridgehead atoms. The lowest BCUT2D eigenvalue weighted by Gasteiger charge is -2.08. The Hall–Kier alpha value is -1.35. The van der Waals surface area contributed by atoms with Crippen LogP contribution in [0.1, 0.15) is 38.3 Å². The predicted octanol–water partition coefficient (Wildman–Crippen LogP) is 2.50. The molecular weight excluding hydrogens is 236 g/mol. The van der Waals surface area contributed by atoms with Gasteiger partial charge in [-0.3, -0.25) is 4.79 Å². The molecule has 1 amide bonds. The highest BCUT2D eigenvalue weighted by Gasteiger charge is 2.00. The summed E-state index contributed by atoms with van der Waals surface area (Å²) in [6.07, 6.45) is 2.09. The van der Waals surface area contributed by atoms with Crippen LogP contribution in [0.5, 0.6) is 0 Å². The lowest BCUT2D eigenvalue weighted by Crippen LogP contribution is -2.33. The van der Waals surface area contributed by atoms with E-state index in [0.717, 1.165) is 25.9 Å². The maximum atomic E-state index is 11.4. The summed E-state index contributed by atoms with van der Waals surface area (Å²) < 4.78 is 0. The standard InChI is InChI=1S/C16H26N2O/c1-4-9-18-16(19)12-17-11-15-7-5-14(6-8-15)10-13(2)3/h5-8,13,17H,4,9-12H2,1-3H3,(H,18,19). The van der Waals surface area contributed by atoms with Gasteiger partial charge in [0.25, 0.3) is 0 Å². The van der Waals surface area contributed by atoms with Gasteiger partial charge in [-0.05, 0) is 29.9 Å². The van der Waals surface area contributed by atoms with Crippen molar-refractivity contribution >= 4 is 5.91 Å². The smallest absolute Gasteiger partial charge is 0.233 e. The molecule has 106 valence electrons. The number of nitrogens with one attached hydrogen (secondary N) is 2. The molecule has 0 atom stereocenters. The molecule has 0 aliphatic heterocycles. The fourth-order valence-corrected chi connectivity index (χ4v) is 1.91. The van der Waals surface area contributed by atoms with Crippen LogP contribution in [-0.4, -0.2) is 19.0 Å². The van der Waals surface area contributed by atoms with Gasteiger partial charge in [0.1, 0.15) is 0 Å². The molecule has 0 saturated heterocycles. The van der Waals surface area contributed by atoms with Crippen LogP contribution in [0.25, 0.3) is 0 Å². The van der Waals surface area contributed by atoms with Crippen LogP contribution < -0.4 is 10.6 Å². The van der Waals surface area contributed by atoms with Gasteiger partial charge in [0, 0.05) is 13.1 Å². The van der Waals surface area contributed by atoms with E-state index in [2.05, 4.69) is 48.7 Å². The number of rotatable bonds is 8. The van der Waals surface area contributed by atoms with Crippen molar-refractivity contribution in [3.63, 3.8) is 0 Å². The average molecular weight is 262 g/mol. The molecular formula is C16H26N2O. The first-order chi connectivity index (χ1) is 9.11. The van der Waals surface area contributed by atoms with Crippen LogP contribution in [0, 0.1) is 5.92 Å². The first-order valence-corrected chi connectivity index (χ1v) is 7.17. The van der Waals surface area contributed by atoms with Gasteiger partial charge >= 0.3 is 0 Å². The van der Waals surface area contributed by atoms with Gasteiger partial charge in [-0.1, -0.05) is 45.0 Å². The molecule has 0 fully saturated rings. The predicted molar refractivity (Wildman–Crippen MR) is 80.0 cm³/mol. The van der Waals surface area contributed by atoms with E-state index in [1.165, 1.54) is 11.1 Å². The van der Waals surface area contributed by atoms with E-state index in [0.29, 0.717) is 12.5 Å². The Balaban J connectivity index is 2.28. The first-order valence-electron chi connectivity index (χ1n) is 7.17. The lowest BCUT2D eigenvalue weighted by molar-refractivity contribution is -0.120. The molecule has 0 aliphatic carbocycles. The van der Waals surface area contributed by atoms with E-state index in [9.17, 15) is 4.79 Å². The summed E-state index contributed by atoms with van der Waals surface area (Å²) in [5.74, 6) is 0.754. The molecule has 1 aromatic carbocycles. The average Bonchev–Trinajstić information content (AvgIpc) is 2.38. The number of hydrogen-bond donors (Lipinski definition) is 2. The van der Waals surface area contributed by atoms with E-state index in [1.54, 1.807) is 0 Å². The summed E-state index contributed by atoms with van der Waals surface area (Å²) in [5, 5.41) is 6.01. The van der Waals surface area contributed by atoms with E-state index < -0.39 is 0 Å². The molecule has 0 saturated carbocycles. The van der Waals surface area contributed by atoms with Crippen molar-refractivity contribution in [2.24, 2.45) is 5.92 Å². The van der Waals surface area contributed by atoms with Gasteiger partial charge in [-0.2, -0.15) is 0 Å².